The zero-order chi connectivity index (χ0) is 106. The molecule has 0 unspecified atom stereocenters. The summed E-state index contributed by atoms with van der Waals surface area (Å²) in [6.07, 6.45) is -1.88. The molecule has 48 heteroatoms. The molecule has 6 aromatic rings. The maximum Gasteiger partial charge on any atom is 0.322 e. The number of nitrogens with one attached hydrogen (secondary N) is 18. The minimum atomic E-state index is -1.90. The van der Waals surface area contributed by atoms with Crippen molar-refractivity contribution < 1.29 is 117 Å². The van der Waals surface area contributed by atoms with E-state index in [4.69, 9.17) is 34.1 Å². The lowest BCUT2D eigenvalue weighted by atomic mass is 9.96. The van der Waals surface area contributed by atoms with Gasteiger partial charge in [0.25, 0.3) is 0 Å². The van der Waals surface area contributed by atoms with Gasteiger partial charge in [-0.25, -0.2) is 0 Å². The van der Waals surface area contributed by atoms with Crippen molar-refractivity contribution in [3.63, 3.8) is 0 Å². The smallest absolute Gasteiger partial charge is 0.322 e. The second-order valence-corrected chi connectivity index (χ2v) is 35.1. The van der Waals surface area contributed by atoms with Crippen LogP contribution in [-0.2, 0) is 123 Å². The van der Waals surface area contributed by atoms with E-state index in [-0.39, 0.29) is 108 Å². The number of primary amides is 2. The lowest BCUT2D eigenvalue weighted by Gasteiger charge is -2.31. The number of H-pyrrole nitrogens is 1. The average molecular weight is 2010 g/mol. The zero-order valence-corrected chi connectivity index (χ0v) is 80.5. The number of amides is 18. The number of hydrogen-bond donors (Lipinski definition) is 28. The molecule has 1 fully saturated rings. The van der Waals surface area contributed by atoms with Gasteiger partial charge in [-0.05, 0) is 149 Å². The minimum Gasteiger partial charge on any atom is -0.508 e. The number of guanidine groups is 1. The van der Waals surface area contributed by atoms with E-state index in [1.165, 1.54) is 62.4 Å². The van der Waals surface area contributed by atoms with Crippen LogP contribution in [0.1, 0.15) is 133 Å². The van der Waals surface area contributed by atoms with Gasteiger partial charge in [-0.1, -0.05) is 123 Å². The summed E-state index contributed by atoms with van der Waals surface area (Å²) in [6, 6.07) is 11.2. The summed E-state index contributed by atoms with van der Waals surface area (Å²) in [6.45, 7) is 4.10. The summed E-state index contributed by atoms with van der Waals surface area (Å²) in [4.78, 5) is 269. The lowest BCUT2D eigenvalue weighted by molar-refractivity contribution is -0.143. The van der Waals surface area contributed by atoms with Gasteiger partial charge in [0, 0.05) is 62.3 Å². The first-order chi connectivity index (χ1) is 68.4. The Hall–Kier alpha value is -15.7. The molecule has 1 aliphatic heterocycles. The quantitative estimate of drug-likeness (QED) is 0.00960. The number of hydrogen-bond acceptors (Lipinski definition) is 26. The first kappa shape index (κ1) is 115. The Balaban J connectivity index is 0.996. The third-order valence-corrected chi connectivity index (χ3v) is 23.7. The Morgan fingerprint density at radius 1 is 0.451 bits per heavy atom. The van der Waals surface area contributed by atoms with Crippen LogP contribution in [0.15, 0.2) is 140 Å². The normalized spacial score (nSPS) is 15.5. The molecule has 0 saturated carbocycles. The van der Waals surface area contributed by atoms with E-state index in [9.17, 15) is 117 Å². The van der Waals surface area contributed by atoms with E-state index in [0.29, 0.717) is 35.1 Å². The molecule has 1 aliphatic rings. The SMILES string of the molecule is CC[C@H](C)[C@H](NC(=O)[C@@H](N)Cc1c[nH]c2ccccc12)C(=O)N[C@@H](CC(N)=O)C(=O)N1CCC[C@H]1C(=O)N[C@@H](Cc1ccc(O)cc1)C(=O)N[C@H](C(=O)NCC(=O)N[C@@H](CO)C(=O)N[C@@H](C)C(=O)N[C@@H](Cc1ccccc1)C(=O)N[C@@H](Cc1ccc(O)cc1)C(=O)N[C@@H](C)C(=O)N[C@@H](CCC(N)=O)C(=O)N[C@@H](CCCCN)C(=O)N[C@@H](Cc1ccccc1)C(=O)N[C@@H](CCCNC(=N)N)C(=O)NCC(=O)O)[C@@H](C)O. The number of aliphatic carboxylic acids is 1. The number of phenols is 2. The van der Waals surface area contributed by atoms with E-state index in [1.54, 1.807) is 80.7 Å². The molecule has 0 radical (unpaired) electrons. The van der Waals surface area contributed by atoms with Gasteiger partial charge in [0.2, 0.25) is 106 Å². The molecule has 18 amide bonds. The van der Waals surface area contributed by atoms with Gasteiger partial charge in [0.15, 0.2) is 5.96 Å². The number of carbonyl (C=O) groups is 19. The fourth-order valence-corrected chi connectivity index (χ4v) is 15.5. The number of likely N-dealkylation sites (tertiary alicyclic amines) is 1. The van der Waals surface area contributed by atoms with Crippen LogP contribution in [0.25, 0.3) is 10.9 Å². The summed E-state index contributed by atoms with van der Waals surface area (Å²) in [5.41, 5.74) is 32.0. The van der Waals surface area contributed by atoms with Crippen molar-refractivity contribution in [1.82, 2.24) is 95.0 Å². The first-order valence-electron chi connectivity index (χ1n) is 47.1. The number of carboxylic acids is 1. The molecule has 1 aromatic heterocycles. The summed E-state index contributed by atoms with van der Waals surface area (Å²) >= 11 is 0. The monoisotopic (exact) mass is 2000 g/mol. The van der Waals surface area contributed by atoms with Gasteiger partial charge in [-0.3, -0.25) is 96.5 Å². The molecular weight excluding hydrogens is 1870 g/mol. The van der Waals surface area contributed by atoms with Crippen LogP contribution in [0.3, 0.4) is 0 Å². The predicted molar refractivity (Wildman–Crippen MR) is 521 cm³/mol. The number of aliphatic hydroxyl groups is 2. The standard InChI is InChI=1S/C96H132N24O24/c1-6-51(2)79(118-83(132)63(98)45-59-47-104-64-24-14-13-23-62(59)64)94(143)117-72(46-76(100)126)95(144)120-40-18-27-74(120)92(141)116-71(44-58-30-34-61(124)35-31-58)90(139)119-80(54(5)122)93(142)105-48-77(127)109-73(50-121)91(140)108-53(4)82(131)113-69(41-55-19-9-7-10-20-55)89(138)115-68(43-57-28-32-60(123)33-29-57)87(136)107-52(3)81(130)110-67(36-37-75(99)125)86(135)112-66(25-15-16-38-97)85(134)114-70(42-56-21-11-8-12-22-56)88(137)111-65(26-17-39-103-96(101)102)84(133)106-49-78(128)129/h7-14,19-24,28-35,47,51-54,63,65-74,79-80,104,121-124H,6,15-18,25-27,36-46,48-50,97-98H2,1-5H3,(H2,99,125)(H2,100,126)(H,105,142)(H,106,133)(H,107,136)(H,108,140)(H,109,127)(H,110,130)(H,111,137)(H,112,135)(H,113,131)(H,114,134)(H,115,138)(H,116,141)(H,117,143)(H,118,132)(H,119,139)(H,128,129)(H4,101,102,103)/t51-,52-,53-,54+,63-,65-,66-,67-,68-,69-,70-,71-,72-,73-,74-,79-,80-/m0/s1. The molecule has 33 N–H and O–H groups in total. The van der Waals surface area contributed by atoms with Crippen LogP contribution < -0.4 is 114 Å². The highest BCUT2D eigenvalue weighted by Gasteiger charge is 2.43. The number of aromatic amines is 1. The molecule has 144 heavy (non-hydrogen) atoms. The summed E-state index contributed by atoms with van der Waals surface area (Å²) in [5.74, 6) is -20.7. The van der Waals surface area contributed by atoms with Gasteiger partial charge in [0.1, 0.15) is 103 Å². The van der Waals surface area contributed by atoms with Crippen molar-refractivity contribution in [3.05, 3.63) is 167 Å². The number of unbranched alkanes of at least 4 members (excludes halogenated alkanes) is 1. The van der Waals surface area contributed by atoms with Crippen LogP contribution in [0.5, 0.6) is 11.5 Å². The topological polar surface area (TPSA) is 791 Å². The Labute approximate surface area is 829 Å². The molecular formula is C96H132N24O24. The second-order valence-electron chi connectivity index (χ2n) is 35.1. The van der Waals surface area contributed by atoms with E-state index in [0.717, 1.165) is 28.3 Å². The molecule has 0 spiro atoms. The van der Waals surface area contributed by atoms with Crippen molar-refractivity contribution >= 4 is 129 Å². The molecule has 780 valence electrons. The lowest BCUT2D eigenvalue weighted by Crippen LogP contribution is -2.61. The van der Waals surface area contributed by atoms with Crippen molar-refractivity contribution in [2.24, 2.45) is 34.6 Å². The first-order valence-corrected chi connectivity index (χ1v) is 47.1. The molecule has 0 bridgehead atoms. The number of aromatic hydroxyl groups is 2. The number of phenolic OH excluding ortho intramolecular Hbond substituents is 2. The predicted octanol–water partition coefficient (Wildman–Crippen LogP) is -5.98. The Morgan fingerprint density at radius 3 is 1.40 bits per heavy atom. The highest BCUT2D eigenvalue weighted by atomic mass is 16.4. The highest BCUT2D eigenvalue weighted by Crippen LogP contribution is 2.24. The maximum atomic E-state index is 14.8. The van der Waals surface area contributed by atoms with E-state index in [2.05, 4.69) is 90.1 Å². The highest BCUT2D eigenvalue weighted by molar-refractivity contribution is 6.02. The van der Waals surface area contributed by atoms with Crippen molar-refractivity contribution in [2.45, 2.75) is 234 Å². The number of carboxylic acid groups (broad SMARTS) is 1. The van der Waals surface area contributed by atoms with Gasteiger partial charge >= 0.3 is 5.97 Å². The fourth-order valence-electron chi connectivity index (χ4n) is 15.5. The van der Waals surface area contributed by atoms with Crippen molar-refractivity contribution in [3.8, 4) is 11.5 Å². The second kappa shape index (κ2) is 57.9. The van der Waals surface area contributed by atoms with E-state index >= 15 is 0 Å². The van der Waals surface area contributed by atoms with Crippen LogP contribution in [0, 0.1) is 11.3 Å². The van der Waals surface area contributed by atoms with Crippen LogP contribution in [0.2, 0.25) is 0 Å². The Bertz CT molecular complexity index is 5450. The number of benzene rings is 5. The van der Waals surface area contributed by atoms with Crippen molar-refractivity contribution in [2.75, 3.05) is 39.3 Å². The molecule has 5 aromatic carbocycles. The van der Waals surface area contributed by atoms with Gasteiger partial charge < -0.3 is 149 Å². The average Bonchev–Trinajstić information content (AvgIpc) is 1.73. The number of aromatic nitrogens is 1. The van der Waals surface area contributed by atoms with Gasteiger partial charge in [-0.15, -0.1) is 0 Å². The largest absolute Gasteiger partial charge is 0.508 e. The number of nitrogens with zero attached hydrogens (tertiary/aromatic N) is 1. The minimum absolute atomic E-state index is 0.00820. The molecule has 17 atom stereocenters. The summed E-state index contributed by atoms with van der Waals surface area (Å²) < 4.78 is 0. The Morgan fingerprint density at radius 2 is 0.896 bits per heavy atom. The third kappa shape index (κ3) is 37.7. The number of nitrogens with two attached hydrogens (primary N) is 5. The molecule has 2 heterocycles. The number of aliphatic hydroxyl groups excluding tert-OH is 2. The van der Waals surface area contributed by atoms with Crippen molar-refractivity contribution in [1.29, 1.82) is 5.41 Å². The fraction of sp³-hybridized carbons (Fsp3) is 0.458. The van der Waals surface area contributed by atoms with Crippen LogP contribution >= 0.6 is 0 Å². The maximum absolute atomic E-state index is 14.8. The molecule has 1 saturated heterocycles. The van der Waals surface area contributed by atoms with E-state index in [1.807, 2.05) is 24.3 Å². The number of fused-ring (bicyclic) bond motifs is 1. The van der Waals surface area contributed by atoms with Gasteiger partial charge in [-0.2, -0.15) is 0 Å². The van der Waals surface area contributed by atoms with Crippen LogP contribution in [-0.4, -0.2) is 290 Å². The number of para-hydroxylation sites is 1. The third-order valence-electron chi connectivity index (χ3n) is 23.7. The molecule has 7 rings (SSSR count). The molecule has 48 nitrogen and oxygen atoms in total. The Kier molecular flexibility index (Phi) is 46.3. The van der Waals surface area contributed by atoms with E-state index < -0.39 is 254 Å². The van der Waals surface area contributed by atoms with Gasteiger partial charge in [0.05, 0.1) is 31.7 Å². The number of carbonyl (C=O) groups excluding carboxylic acids is 18. The van der Waals surface area contributed by atoms with Crippen LogP contribution in [0.4, 0.5) is 0 Å². The zero-order valence-electron chi connectivity index (χ0n) is 80.5. The summed E-state index contributed by atoms with van der Waals surface area (Å²) in [7, 11) is 0. The summed E-state index contributed by atoms with van der Waals surface area (Å²) in [5, 5.41) is 99.1. The molecule has 0 aliphatic carbocycles. The number of rotatable bonds is 59.